The van der Waals surface area contributed by atoms with Gasteiger partial charge in [0, 0.05) is 10.4 Å². The van der Waals surface area contributed by atoms with Gasteiger partial charge in [-0.05, 0) is 25.3 Å². The molecule has 7 nitrogen and oxygen atoms in total. The molecule has 1 atom stereocenters. The molecule has 0 spiro atoms. The van der Waals surface area contributed by atoms with Gasteiger partial charge in [0.2, 0.25) is 0 Å². The van der Waals surface area contributed by atoms with Crippen LogP contribution in [-0.2, 0) is 14.3 Å². The van der Waals surface area contributed by atoms with E-state index in [0.717, 1.165) is 16.9 Å². The number of hydrogen-bond acceptors (Lipinski definition) is 8. The van der Waals surface area contributed by atoms with Crippen molar-refractivity contribution < 1.29 is 24.2 Å². The molecule has 0 saturated carbocycles. The zero-order chi connectivity index (χ0) is 22.3. The number of aromatic nitrogens is 1. The zero-order valence-electron chi connectivity index (χ0n) is 16.9. The lowest BCUT2D eigenvalue weighted by Crippen LogP contribution is -2.29. The van der Waals surface area contributed by atoms with Crippen molar-refractivity contribution >= 4 is 51.2 Å². The molecule has 1 aliphatic rings. The fourth-order valence-electron chi connectivity index (χ4n) is 3.38. The number of nitrogens with zero attached hydrogens (tertiary/aromatic N) is 2. The lowest BCUT2D eigenvalue weighted by molar-refractivity contribution is -0.132. The van der Waals surface area contributed by atoms with Crippen LogP contribution in [0.15, 0.2) is 47.4 Å². The molecule has 1 N–H and O–H groups in total. The van der Waals surface area contributed by atoms with Gasteiger partial charge in [-0.1, -0.05) is 47.2 Å². The first-order chi connectivity index (χ1) is 14.8. The maximum atomic E-state index is 13.1. The summed E-state index contributed by atoms with van der Waals surface area (Å²) in [5.41, 5.74) is 1.83. The number of rotatable bonds is 4. The quantitative estimate of drug-likeness (QED) is 0.274. The Bertz CT molecular complexity index is 1210. The summed E-state index contributed by atoms with van der Waals surface area (Å²) in [7, 11) is 1.26. The molecule has 158 valence electrons. The van der Waals surface area contributed by atoms with Gasteiger partial charge >= 0.3 is 11.9 Å². The number of ketones is 1. The van der Waals surface area contributed by atoms with Crippen LogP contribution in [0.1, 0.15) is 37.4 Å². The largest absolute Gasteiger partial charge is 0.507 e. The van der Waals surface area contributed by atoms with Crippen LogP contribution in [0.25, 0.3) is 5.76 Å². The summed E-state index contributed by atoms with van der Waals surface area (Å²) in [5, 5.41) is 13.0. The molecule has 1 unspecified atom stereocenters. The molecule has 0 radical (unpaired) electrons. The Kier molecular flexibility index (Phi) is 5.47. The number of anilines is 1. The SMILES string of the molecule is COC(=O)c1sc(N2C(=O)C(=O)/C(=C(\O)c3ccc(C)cc3)C2c2cccs2)nc1C. The van der Waals surface area contributed by atoms with E-state index in [4.69, 9.17) is 4.74 Å². The van der Waals surface area contributed by atoms with Crippen LogP contribution in [-0.4, -0.2) is 34.9 Å². The molecule has 3 aromatic rings. The van der Waals surface area contributed by atoms with Gasteiger partial charge in [0.25, 0.3) is 5.78 Å². The number of aliphatic hydroxyl groups excluding tert-OH is 1. The van der Waals surface area contributed by atoms with E-state index >= 15 is 0 Å². The van der Waals surface area contributed by atoms with Gasteiger partial charge in [-0.15, -0.1) is 11.3 Å². The smallest absolute Gasteiger partial charge is 0.350 e. The third kappa shape index (κ3) is 3.55. The molecular weight excluding hydrogens is 436 g/mol. The van der Waals surface area contributed by atoms with Crippen molar-refractivity contribution in [1.82, 2.24) is 4.98 Å². The number of carbonyl (C=O) groups excluding carboxylic acids is 3. The zero-order valence-corrected chi connectivity index (χ0v) is 18.5. The minimum absolute atomic E-state index is 0.0104. The first kappa shape index (κ1) is 21.0. The second-order valence-corrected chi connectivity index (χ2v) is 8.91. The number of methoxy groups -OCH3 is 1. The summed E-state index contributed by atoms with van der Waals surface area (Å²) in [6.45, 7) is 3.55. The predicted molar refractivity (Wildman–Crippen MR) is 118 cm³/mol. The lowest BCUT2D eigenvalue weighted by atomic mass is 9.99. The average molecular weight is 455 g/mol. The van der Waals surface area contributed by atoms with Crippen molar-refractivity contribution in [3.05, 3.63) is 73.9 Å². The summed E-state index contributed by atoms with van der Waals surface area (Å²) in [6.07, 6.45) is 0. The number of Topliss-reactive ketones (excluding diaryl/α,β-unsaturated/α-hetero) is 1. The van der Waals surface area contributed by atoms with Gasteiger partial charge in [-0.25, -0.2) is 9.78 Å². The van der Waals surface area contributed by atoms with E-state index in [2.05, 4.69) is 4.98 Å². The highest BCUT2D eigenvalue weighted by molar-refractivity contribution is 7.18. The van der Waals surface area contributed by atoms with Gasteiger partial charge in [-0.2, -0.15) is 0 Å². The van der Waals surface area contributed by atoms with Crippen LogP contribution in [0.3, 0.4) is 0 Å². The average Bonchev–Trinajstić information content (AvgIpc) is 3.47. The van der Waals surface area contributed by atoms with E-state index < -0.39 is 23.7 Å². The number of aliphatic hydroxyl groups is 1. The molecule has 3 heterocycles. The van der Waals surface area contributed by atoms with Crippen molar-refractivity contribution in [1.29, 1.82) is 0 Å². The molecule has 2 aromatic heterocycles. The van der Waals surface area contributed by atoms with Gasteiger partial charge in [0.1, 0.15) is 16.7 Å². The van der Waals surface area contributed by atoms with E-state index in [-0.39, 0.29) is 21.3 Å². The Balaban J connectivity index is 1.90. The number of amides is 1. The molecular formula is C22H18N2O5S2. The van der Waals surface area contributed by atoms with Crippen molar-refractivity contribution in [3.63, 3.8) is 0 Å². The Labute approximate surface area is 186 Å². The molecule has 1 saturated heterocycles. The highest BCUT2D eigenvalue weighted by Crippen LogP contribution is 2.45. The van der Waals surface area contributed by atoms with Crippen LogP contribution < -0.4 is 4.90 Å². The molecule has 1 aliphatic heterocycles. The molecule has 1 aromatic carbocycles. The number of thiophene rings is 1. The molecule has 0 aliphatic carbocycles. The number of hydrogen-bond donors (Lipinski definition) is 1. The van der Waals surface area contributed by atoms with Crippen molar-refractivity contribution in [2.24, 2.45) is 0 Å². The van der Waals surface area contributed by atoms with Crippen molar-refractivity contribution in [2.45, 2.75) is 19.9 Å². The maximum absolute atomic E-state index is 13.1. The first-order valence-electron chi connectivity index (χ1n) is 9.30. The molecule has 1 amide bonds. The molecule has 1 fully saturated rings. The van der Waals surface area contributed by atoms with Crippen LogP contribution in [0, 0.1) is 13.8 Å². The summed E-state index contributed by atoms with van der Waals surface area (Å²) >= 11 is 2.33. The van der Waals surface area contributed by atoms with Crippen LogP contribution in [0.4, 0.5) is 5.13 Å². The number of aryl methyl sites for hydroxylation is 2. The predicted octanol–water partition coefficient (Wildman–Crippen LogP) is 4.23. The van der Waals surface area contributed by atoms with Crippen molar-refractivity contribution in [2.75, 3.05) is 12.0 Å². The number of thiazole rings is 1. The Morgan fingerprint density at radius 1 is 1.16 bits per heavy atom. The number of esters is 1. The number of carbonyl (C=O) groups is 3. The molecule has 0 bridgehead atoms. The van der Waals surface area contributed by atoms with Gasteiger partial charge in [0.15, 0.2) is 5.13 Å². The lowest BCUT2D eigenvalue weighted by Gasteiger charge is -2.21. The summed E-state index contributed by atoms with van der Waals surface area (Å²) in [6, 6.07) is 9.78. The third-order valence-electron chi connectivity index (χ3n) is 4.94. The number of benzene rings is 1. The maximum Gasteiger partial charge on any atom is 0.350 e. The van der Waals surface area contributed by atoms with Crippen LogP contribution in [0.5, 0.6) is 0 Å². The van der Waals surface area contributed by atoms with Crippen LogP contribution in [0.2, 0.25) is 0 Å². The van der Waals surface area contributed by atoms with Gasteiger partial charge in [0.05, 0.1) is 18.4 Å². The van der Waals surface area contributed by atoms with Gasteiger partial charge < -0.3 is 9.84 Å². The molecule has 31 heavy (non-hydrogen) atoms. The second kappa shape index (κ2) is 8.09. The minimum atomic E-state index is -0.850. The molecule has 4 rings (SSSR count). The number of ether oxygens (including phenoxy) is 1. The highest BCUT2D eigenvalue weighted by atomic mass is 32.1. The third-order valence-corrected chi connectivity index (χ3v) is 7.01. The molecule has 9 heteroatoms. The topological polar surface area (TPSA) is 96.8 Å². The standard InChI is InChI=1S/C22H18N2O5S2/c1-11-6-8-13(9-7-11)17(25)15-16(14-5-4-10-30-14)24(20(27)18(15)26)22-23-12(2)19(31-22)21(28)29-3/h4-10,16,25H,1-3H3/b17-15-. The monoisotopic (exact) mass is 454 g/mol. The van der Waals surface area contributed by atoms with E-state index in [9.17, 15) is 19.5 Å². The first-order valence-corrected chi connectivity index (χ1v) is 11.0. The summed E-state index contributed by atoms with van der Waals surface area (Å²) < 4.78 is 4.78. The van der Waals surface area contributed by atoms with E-state index in [0.29, 0.717) is 16.1 Å². The fourth-order valence-corrected chi connectivity index (χ4v) is 5.22. The van der Waals surface area contributed by atoms with Crippen molar-refractivity contribution in [3.8, 4) is 0 Å². The van der Waals surface area contributed by atoms with E-state index in [1.54, 1.807) is 31.2 Å². The highest BCUT2D eigenvalue weighted by Gasteiger charge is 2.48. The Morgan fingerprint density at radius 3 is 2.48 bits per heavy atom. The van der Waals surface area contributed by atoms with E-state index in [1.807, 2.05) is 24.4 Å². The van der Waals surface area contributed by atoms with Gasteiger partial charge in [-0.3, -0.25) is 14.5 Å². The van der Waals surface area contributed by atoms with E-state index in [1.165, 1.54) is 23.3 Å². The Hall–Kier alpha value is -3.30. The van der Waals surface area contributed by atoms with Crippen LogP contribution >= 0.6 is 22.7 Å². The summed E-state index contributed by atoms with van der Waals surface area (Å²) in [4.78, 5) is 44.7. The summed E-state index contributed by atoms with van der Waals surface area (Å²) in [5.74, 6) is -2.42. The normalized spacial score (nSPS) is 17.9. The minimum Gasteiger partial charge on any atom is -0.507 e. The second-order valence-electron chi connectivity index (χ2n) is 6.95. The Morgan fingerprint density at radius 2 is 1.87 bits per heavy atom. The fraction of sp³-hybridized carbons (Fsp3) is 0.182.